The summed E-state index contributed by atoms with van der Waals surface area (Å²) in [5, 5.41) is 2.87. The van der Waals surface area contributed by atoms with Crippen LogP contribution in [0.5, 0.6) is 0 Å². The normalized spacial score (nSPS) is 22.6. The van der Waals surface area contributed by atoms with Gasteiger partial charge in [0.1, 0.15) is 18.7 Å². The third-order valence-corrected chi connectivity index (χ3v) is 5.11. The Hall–Kier alpha value is -2.47. The molecule has 1 aromatic rings. The smallest absolute Gasteiger partial charge is 0.251 e. The van der Waals surface area contributed by atoms with Crippen LogP contribution in [0.25, 0.3) is 6.08 Å². The molecular weight excluding hydrogens is 344 g/mol. The average molecular weight is 370 g/mol. The summed E-state index contributed by atoms with van der Waals surface area (Å²) >= 11 is 0. The van der Waals surface area contributed by atoms with Gasteiger partial charge in [-0.3, -0.25) is 14.4 Å². The number of hydrogen-bond acceptors (Lipinski definition) is 4. The topological polar surface area (TPSA) is 75.7 Å². The second-order valence-electron chi connectivity index (χ2n) is 7.56. The van der Waals surface area contributed by atoms with E-state index >= 15 is 0 Å². The van der Waals surface area contributed by atoms with Gasteiger partial charge < -0.3 is 15.0 Å². The van der Waals surface area contributed by atoms with E-state index in [2.05, 4.69) is 11.9 Å². The number of benzene rings is 1. The molecule has 0 bridgehead atoms. The van der Waals surface area contributed by atoms with Crippen LogP contribution in [0.2, 0.25) is 0 Å². The van der Waals surface area contributed by atoms with E-state index < -0.39 is 12.1 Å². The Morgan fingerprint density at radius 3 is 2.67 bits per heavy atom. The molecule has 0 aromatic heterocycles. The van der Waals surface area contributed by atoms with Gasteiger partial charge in [-0.05, 0) is 36.5 Å². The van der Waals surface area contributed by atoms with E-state index in [9.17, 15) is 14.4 Å². The molecule has 2 aliphatic heterocycles. The van der Waals surface area contributed by atoms with Crippen LogP contribution < -0.4 is 5.32 Å². The summed E-state index contributed by atoms with van der Waals surface area (Å²) in [6, 6.07) is 5.87. The summed E-state index contributed by atoms with van der Waals surface area (Å²) in [6.07, 6.45) is 2.67. The maximum atomic E-state index is 13.1. The maximum absolute atomic E-state index is 13.1. The number of nitrogens with zero attached hydrogens (tertiary/aromatic N) is 1. The fourth-order valence-electron chi connectivity index (χ4n) is 3.75. The molecule has 0 saturated carbocycles. The molecule has 1 N–H and O–H groups in total. The lowest BCUT2D eigenvalue weighted by Gasteiger charge is -2.28. The second kappa shape index (κ2) is 8.05. The maximum Gasteiger partial charge on any atom is 0.251 e. The monoisotopic (exact) mass is 370 g/mol. The highest BCUT2D eigenvalue weighted by Gasteiger charge is 2.48. The van der Waals surface area contributed by atoms with Crippen LogP contribution in [0.1, 0.15) is 42.6 Å². The molecule has 6 nitrogen and oxygen atoms in total. The molecule has 0 radical (unpaired) electrons. The molecule has 0 aliphatic carbocycles. The lowest BCUT2D eigenvalue weighted by molar-refractivity contribution is -0.138. The lowest BCUT2D eigenvalue weighted by atomic mass is 10.0. The molecule has 2 heterocycles. The van der Waals surface area contributed by atoms with Crippen molar-refractivity contribution in [3.8, 4) is 0 Å². The van der Waals surface area contributed by atoms with Crippen molar-refractivity contribution in [3.63, 3.8) is 0 Å². The van der Waals surface area contributed by atoms with Gasteiger partial charge in [0.05, 0.1) is 6.10 Å². The number of hydrogen-bond donors (Lipinski definition) is 1. The number of carbonyl (C=O) groups excluding carboxylic acids is 3. The van der Waals surface area contributed by atoms with E-state index in [1.807, 2.05) is 13.8 Å². The van der Waals surface area contributed by atoms with Crippen LogP contribution in [0.4, 0.5) is 0 Å². The molecule has 2 aliphatic rings. The fraction of sp³-hybridized carbons (Fsp3) is 0.476. The lowest BCUT2D eigenvalue weighted by Crippen LogP contribution is -2.52. The first-order chi connectivity index (χ1) is 12.9. The first-order valence-electron chi connectivity index (χ1n) is 9.39. The predicted octanol–water partition coefficient (Wildman–Crippen LogP) is 2.04. The van der Waals surface area contributed by atoms with Gasteiger partial charge in [0.2, 0.25) is 5.91 Å². The summed E-state index contributed by atoms with van der Waals surface area (Å²) in [4.78, 5) is 39.5. The fourth-order valence-corrected chi connectivity index (χ4v) is 3.75. The Bertz CT molecular complexity index is 741. The zero-order chi connectivity index (χ0) is 19.6. The summed E-state index contributed by atoms with van der Waals surface area (Å²) in [7, 11) is 0. The highest BCUT2D eigenvalue weighted by Crippen LogP contribution is 2.28. The van der Waals surface area contributed by atoms with Crippen molar-refractivity contribution in [1.29, 1.82) is 0 Å². The van der Waals surface area contributed by atoms with E-state index in [0.717, 1.165) is 5.56 Å². The number of ether oxygens (including phenoxy) is 1. The van der Waals surface area contributed by atoms with E-state index in [1.54, 1.807) is 35.2 Å². The van der Waals surface area contributed by atoms with Crippen molar-refractivity contribution in [3.05, 3.63) is 42.0 Å². The molecule has 2 unspecified atom stereocenters. The van der Waals surface area contributed by atoms with Crippen LogP contribution in [-0.4, -0.2) is 53.8 Å². The number of nitrogens with one attached hydrogen (secondary N) is 1. The van der Waals surface area contributed by atoms with Crippen molar-refractivity contribution in [2.75, 3.05) is 13.2 Å². The number of ketones is 1. The van der Waals surface area contributed by atoms with Gasteiger partial charge in [0.15, 0.2) is 5.78 Å². The number of amides is 2. The van der Waals surface area contributed by atoms with Gasteiger partial charge in [-0.15, -0.1) is 0 Å². The molecule has 1 aromatic carbocycles. The first kappa shape index (κ1) is 19.3. The van der Waals surface area contributed by atoms with Crippen molar-refractivity contribution >= 4 is 23.7 Å². The number of rotatable bonds is 6. The first-order valence-corrected chi connectivity index (χ1v) is 9.39. The van der Waals surface area contributed by atoms with Crippen LogP contribution >= 0.6 is 0 Å². The summed E-state index contributed by atoms with van der Waals surface area (Å²) < 4.78 is 5.46. The Labute approximate surface area is 159 Å². The third kappa shape index (κ3) is 4.11. The SMILES string of the molecule is C=Cc1ccc(C(=O)NC(CC(C)C)C(=O)N2CC[C@@H]3OCC(=O)C32)cc1. The molecule has 3 rings (SSSR count). The molecule has 6 heteroatoms. The number of carbonyl (C=O) groups is 3. The minimum atomic E-state index is -0.663. The number of Topliss-reactive ketones (excluding diaryl/α,β-unsaturated/α-hetero) is 1. The van der Waals surface area contributed by atoms with Crippen molar-refractivity contribution in [2.45, 2.75) is 44.9 Å². The summed E-state index contributed by atoms with van der Waals surface area (Å²) in [5.74, 6) is -0.336. The molecule has 27 heavy (non-hydrogen) atoms. The van der Waals surface area contributed by atoms with Crippen molar-refractivity contribution in [2.24, 2.45) is 5.92 Å². The van der Waals surface area contributed by atoms with E-state index in [0.29, 0.717) is 24.9 Å². The predicted molar refractivity (Wildman–Crippen MR) is 102 cm³/mol. The molecule has 2 amide bonds. The van der Waals surface area contributed by atoms with E-state index in [-0.39, 0.29) is 36.2 Å². The van der Waals surface area contributed by atoms with Gasteiger partial charge in [-0.1, -0.05) is 38.6 Å². The molecule has 2 fully saturated rings. The Morgan fingerprint density at radius 1 is 1.33 bits per heavy atom. The molecular formula is C21H26N2O4. The Balaban J connectivity index is 1.74. The molecule has 144 valence electrons. The van der Waals surface area contributed by atoms with E-state index in [1.165, 1.54) is 0 Å². The second-order valence-corrected chi connectivity index (χ2v) is 7.56. The Morgan fingerprint density at radius 2 is 2.04 bits per heavy atom. The largest absolute Gasteiger partial charge is 0.368 e. The minimum absolute atomic E-state index is 0.0551. The molecule has 2 saturated heterocycles. The van der Waals surface area contributed by atoms with Gasteiger partial charge in [0, 0.05) is 12.1 Å². The highest BCUT2D eigenvalue weighted by atomic mass is 16.5. The molecule has 3 atom stereocenters. The van der Waals surface area contributed by atoms with Gasteiger partial charge in [-0.2, -0.15) is 0 Å². The minimum Gasteiger partial charge on any atom is -0.368 e. The van der Waals surface area contributed by atoms with Crippen LogP contribution in [0, 0.1) is 5.92 Å². The van der Waals surface area contributed by atoms with Crippen LogP contribution in [0.3, 0.4) is 0 Å². The van der Waals surface area contributed by atoms with Gasteiger partial charge >= 0.3 is 0 Å². The van der Waals surface area contributed by atoms with Crippen molar-refractivity contribution in [1.82, 2.24) is 10.2 Å². The van der Waals surface area contributed by atoms with E-state index in [4.69, 9.17) is 4.74 Å². The van der Waals surface area contributed by atoms with Crippen molar-refractivity contribution < 1.29 is 19.1 Å². The summed E-state index contributed by atoms with van der Waals surface area (Å²) in [5.41, 5.74) is 1.41. The summed E-state index contributed by atoms with van der Waals surface area (Å²) in [6.45, 7) is 8.25. The van der Waals surface area contributed by atoms with Crippen LogP contribution in [0.15, 0.2) is 30.8 Å². The van der Waals surface area contributed by atoms with Crippen LogP contribution in [-0.2, 0) is 14.3 Å². The highest BCUT2D eigenvalue weighted by molar-refractivity contribution is 5.99. The zero-order valence-corrected chi connectivity index (χ0v) is 15.8. The zero-order valence-electron chi connectivity index (χ0n) is 15.8. The average Bonchev–Trinajstić information content (AvgIpc) is 3.23. The molecule has 0 spiro atoms. The quantitative estimate of drug-likeness (QED) is 0.831. The number of likely N-dealkylation sites (tertiary alicyclic amines) is 1. The Kier molecular flexibility index (Phi) is 5.75. The number of fused-ring (bicyclic) bond motifs is 1. The van der Waals surface area contributed by atoms with Gasteiger partial charge in [0.25, 0.3) is 5.91 Å². The standard InChI is InChI=1S/C21H26N2O4/c1-4-14-5-7-15(8-6-14)20(25)22-16(11-13(2)3)21(26)23-10-9-18-19(23)17(24)12-27-18/h4-8,13,16,18-19H,1,9-12H2,2-3H3,(H,22,25)/t16?,18-,19?/m0/s1. The third-order valence-electron chi connectivity index (χ3n) is 5.11. The van der Waals surface area contributed by atoms with Gasteiger partial charge in [-0.25, -0.2) is 0 Å².